The lowest BCUT2D eigenvalue weighted by Crippen LogP contribution is -1.86. The summed E-state index contributed by atoms with van der Waals surface area (Å²) in [4.78, 5) is 4.40. The molecule has 0 amide bonds. The molecule has 0 radical (unpaired) electrons. The van der Waals surface area contributed by atoms with Crippen LogP contribution in [0.2, 0.25) is 5.02 Å². The Balaban J connectivity index is 2.38. The molecule has 0 heterocycles. The van der Waals surface area contributed by atoms with Crippen molar-refractivity contribution in [2.75, 3.05) is 0 Å². The van der Waals surface area contributed by atoms with E-state index < -0.39 is 0 Å². The maximum absolute atomic E-state index is 9.95. The molecule has 2 nitrogen and oxygen atoms in total. The zero-order chi connectivity index (χ0) is 14.0. The normalized spacial score (nSPS) is 11.2. The van der Waals surface area contributed by atoms with E-state index in [-0.39, 0.29) is 5.75 Å². The van der Waals surface area contributed by atoms with Crippen LogP contribution in [0.3, 0.4) is 0 Å². The third kappa shape index (κ3) is 3.37. The number of rotatable bonds is 2. The molecule has 0 fully saturated rings. The zero-order valence-corrected chi connectivity index (χ0v) is 13.0. The van der Waals surface area contributed by atoms with E-state index in [1.54, 1.807) is 12.3 Å². The molecule has 1 N–H and O–H groups in total. The second-order valence-corrected chi connectivity index (χ2v) is 5.66. The van der Waals surface area contributed by atoms with Crippen molar-refractivity contribution in [3.8, 4) is 5.75 Å². The summed E-state index contributed by atoms with van der Waals surface area (Å²) in [5, 5.41) is 10.6. The summed E-state index contributed by atoms with van der Waals surface area (Å²) in [7, 11) is 0. The topological polar surface area (TPSA) is 32.6 Å². The predicted molar refractivity (Wildman–Crippen MR) is 84.0 cm³/mol. The lowest BCUT2D eigenvalue weighted by atomic mass is 10.1. The number of aryl methyl sites for hydroxylation is 2. The fourth-order valence-electron chi connectivity index (χ4n) is 1.76. The van der Waals surface area contributed by atoms with Gasteiger partial charge in [0.15, 0.2) is 0 Å². The number of hydrogen-bond acceptors (Lipinski definition) is 2. The Bertz CT molecular complexity index is 653. The summed E-state index contributed by atoms with van der Waals surface area (Å²) >= 11 is 9.22. The van der Waals surface area contributed by atoms with Crippen molar-refractivity contribution in [1.82, 2.24) is 0 Å². The summed E-state index contributed by atoms with van der Waals surface area (Å²) < 4.78 is 0.668. The van der Waals surface area contributed by atoms with Gasteiger partial charge in [0.25, 0.3) is 0 Å². The lowest BCUT2D eigenvalue weighted by Gasteiger charge is -2.04. The number of hydrogen-bond donors (Lipinski definition) is 1. The van der Waals surface area contributed by atoms with Gasteiger partial charge in [0, 0.05) is 16.8 Å². The molecule has 0 saturated heterocycles. The molecule has 0 aliphatic heterocycles. The molecule has 98 valence electrons. The molecular formula is C15H13BrClNO. The van der Waals surface area contributed by atoms with E-state index in [1.807, 2.05) is 38.1 Å². The van der Waals surface area contributed by atoms with Crippen molar-refractivity contribution in [2.45, 2.75) is 13.8 Å². The average molecular weight is 339 g/mol. The van der Waals surface area contributed by atoms with Gasteiger partial charge in [0.05, 0.1) is 10.2 Å². The molecule has 19 heavy (non-hydrogen) atoms. The fraction of sp³-hybridized carbons (Fsp3) is 0.133. The first kappa shape index (κ1) is 14.1. The van der Waals surface area contributed by atoms with Gasteiger partial charge in [-0.1, -0.05) is 11.6 Å². The van der Waals surface area contributed by atoms with Gasteiger partial charge in [0.2, 0.25) is 0 Å². The Labute approximate surface area is 125 Å². The van der Waals surface area contributed by atoms with Crippen molar-refractivity contribution in [2.24, 2.45) is 4.99 Å². The standard InChI is InChI=1S/C15H13BrClNO/c1-9-5-11(15(19)13(16)6-9)8-18-14-4-3-12(17)7-10(14)2/h3-8,19H,1-2H3. The van der Waals surface area contributed by atoms with Crippen LogP contribution in [0.25, 0.3) is 0 Å². The minimum absolute atomic E-state index is 0.195. The largest absolute Gasteiger partial charge is 0.506 e. The molecule has 0 aromatic heterocycles. The summed E-state index contributed by atoms with van der Waals surface area (Å²) in [5.41, 5.74) is 3.57. The van der Waals surface area contributed by atoms with Crippen molar-refractivity contribution < 1.29 is 5.11 Å². The Morgan fingerprint density at radius 3 is 2.63 bits per heavy atom. The second kappa shape index (κ2) is 5.76. The van der Waals surface area contributed by atoms with Gasteiger partial charge in [-0.2, -0.15) is 0 Å². The smallest absolute Gasteiger partial charge is 0.138 e. The van der Waals surface area contributed by atoms with Gasteiger partial charge in [-0.25, -0.2) is 0 Å². The van der Waals surface area contributed by atoms with Crippen LogP contribution in [0.4, 0.5) is 5.69 Å². The van der Waals surface area contributed by atoms with E-state index in [4.69, 9.17) is 11.6 Å². The van der Waals surface area contributed by atoms with Gasteiger partial charge in [-0.3, -0.25) is 4.99 Å². The number of aliphatic imine (C=N–C) groups is 1. The van der Waals surface area contributed by atoms with Gasteiger partial charge in [0.1, 0.15) is 5.75 Å². The number of halogens is 2. The summed E-state index contributed by atoms with van der Waals surface area (Å²) in [6.45, 7) is 3.92. The predicted octanol–water partition coefficient (Wildman–Crippen LogP) is 5.18. The summed E-state index contributed by atoms with van der Waals surface area (Å²) in [6.07, 6.45) is 1.66. The highest BCUT2D eigenvalue weighted by atomic mass is 79.9. The highest BCUT2D eigenvalue weighted by Gasteiger charge is 2.05. The minimum Gasteiger partial charge on any atom is -0.506 e. The Kier molecular flexibility index (Phi) is 4.27. The average Bonchev–Trinajstić information content (AvgIpc) is 2.33. The summed E-state index contributed by atoms with van der Waals surface area (Å²) in [6, 6.07) is 9.26. The van der Waals surface area contributed by atoms with Crippen LogP contribution >= 0.6 is 27.5 Å². The molecule has 0 aliphatic rings. The number of phenols is 1. The van der Waals surface area contributed by atoms with Gasteiger partial charge >= 0.3 is 0 Å². The molecule has 0 spiro atoms. The monoisotopic (exact) mass is 337 g/mol. The number of benzene rings is 2. The third-order valence-electron chi connectivity index (χ3n) is 2.74. The highest BCUT2D eigenvalue weighted by molar-refractivity contribution is 9.10. The maximum Gasteiger partial charge on any atom is 0.138 e. The Morgan fingerprint density at radius 2 is 1.95 bits per heavy atom. The first-order valence-corrected chi connectivity index (χ1v) is 6.94. The van der Waals surface area contributed by atoms with Gasteiger partial charge in [-0.05, 0) is 71.2 Å². The van der Waals surface area contributed by atoms with Crippen molar-refractivity contribution in [3.63, 3.8) is 0 Å². The van der Waals surface area contributed by atoms with Crippen LogP contribution in [0.15, 0.2) is 39.8 Å². The SMILES string of the molecule is Cc1cc(Br)c(O)c(C=Nc2ccc(Cl)cc2C)c1. The Hall–Kier alpha value is -1.32. The summed E-state index contributed by atoms with van der Waals surface area (Å²) in [5.74, 6) is 0.195. The van der Waals surface area contributed by atoms with Gasteiger partial charge in [-0.15, -0.1) is 0 Å². The molecule has 2 aromatic carbocycles. The van der Waals surface area contributed by atoms with E-state index in [0.717, 1.165) is 16.8 Å². The first-order chi connectivity index (χ1) is 8.97. The van der Waals surface area contributed by atoms with E-state index in [9.17, 15) is 5.11 Å². The van der Waals surface area contributed by atoms with Crippen LogP contribution in [0.5, 0.6) is 5.75 Å². The van der Waals surface area contributed by atoms with Crippen LogP contribution < -0.4 is 0 Å². The van der Waals surface area contributed by atoms with E-state index in [0.29, 0.717) is 15.1 Å². The van der Waals surface area contributed by atoms with Crippen LogP contribution in [-0.2, 0) is 0 Å². The molecule has 4 heteroatoms. The van der Waals surface area contributed by atoms with E-state index in [2.05, 4.69) is 20.9 Å². The molecular weight excluding hydrogens is 326 g/mol. The number of phenolic OH excluding ortho intramolecular Hbond substituents is 1. The molecule has 2 rings (SSSR count). The van der Waals surface area contributed by atoms with E-state index in [1.165, 1.54) is 0 Å². The fourth-order valence-corrected chi connectivity index (χ4v) is 2.58. The number of aromatic hydroxyl groups is 1. The lowest BCUT2D eigenvalue weighted by molar-refractivity contribution is 0.471. The quantitative estimate of drug-likeness (QED) is 0.752. The maximum atomic E-state index is 9.95. The van der Waals surface area contributed by atoms with E-state index >= 15 is 0 Å². The van der Waals surface area contributed by atoms with Gasteiger partial charge < -0.3 is 5.11 Å². The second-order valence-electron chi connectivity index (χ2n) is 4.37. The molecule has 2 aromatic rings. The number of nitrogens with zero attached hydrogens (tertiary/aromatic N) is 1. The zero-order valence-electron chi connectivity index (χ0n) is 10.6. The highest BCUT2D eigenvalue weighted by Crippen LogP contribution is 2.29. The Morgan fingerprint density at radius 1 is 1.21 bits per heavy atom. The molecule has 0 aliphatic carbocycles. The van der Waals surface area contributed by atoms with Crippen molar-refractivity contribution in [1.29, 1.82) is 0 Å². The molecule has 0 saturated carbocycles. The first-order valence-electron chi connectivity index (χ1n) is 5.76. The minimum atomic E-state index is 0.195. The van der Waals surface area contributed by atoms with Crippen LogP contribution in [0, 0.1) is 13.8 Å². The van der Waals surface area contributed by atoms with Crippen LogP contribution in [0.1, 0.15) is 16.7 Å². The molecule has 0 unspecified atom stereocenters. The van der Waals surface area contributed by atoms with Crippen LogP contribution in [-0.4, -0.2) is 11.3 Å². The molecule has 0 bridgehead atoms. The molecule has 0 atom stereocenters. The third-order valence-corrected chi connectivity index (χ3v) is 3.58. The van der Waals surface area contributed by atoms with Crippen molar-refractivity contribution >= 4 is 39.4 Å². The van der Waals surface area contributed by atoms with Crippen molar-refractivity contribution in [3.05, 3.63) is 56.5 Å².